The maximum atomic E-state index is 11.2. The smallest absolute Gasteiger partial charge is 0.353 e. The maximum absolute atomic E-state index is 11.2. The molecule has 2 atom stereocenters. The van der Waals surface area contributed by atoms with E-state index in [2.05, 4.69) is 5.10 Å². The van der Waals surface area contributed by atoms with Crippen molar-refractivity contribution >= 4 is 5.69 Å². The molecule has 0 amide bonds. The van der Waals surface area contributed by atoms with E-state index in [1.165, 1.54) is 4.68 Å². The Morgan fingerprint density at radius 3 is 2.95 bits per heavy atom. The average molecular weight is 299 g/mol. The zero-order valence-corrected chi connectivity index (χ0v) is 12.3. The summed E-state index contributed by atoms with van der Waals surface area (Å²) in [5.74, 6) is 0.00485. The summed E-state index contributed by atoms with van der Waals surface area (Å²) in [6.45, 7) is 4.15. The van der Waals surface area contributed by atoms with Crippen molar-refractivity contribution in [3.8, 4) is 5.88 Å². The van der Waals surface area contributed by atoms with Crippen molar-refractivity contribution in [2.24, 2.45) is 5.92 Å². The molecule has 2 unspecified atom stereocenters. The molecule has 8 nitrogen and oxygen atoms in total. The predicted octanol–water partition coefficient (Wildman–Crippen LogP) is 1.81. The highest BCUT2D eigenvalue weighted by Crippen LogP contribution is 2.36. The van der Waals surface area contributed by atoms with E-state index in [1.807, 2.05) is 0 Å². The summed E-state index contributed by atoms with van der Waals surface area (Å²) in [4.78, 5) is 10.7. The number of ether oxygens (including phenoxy) is 2. The molecule has 0 bridgehead atoms. The molecular weight excluding hydrogens is 278 g/mol. The van der Waals surface area contributed by atoms with Crippen LogP contribution in [0.1, 0.15) is 38.1 Å². The second-order valence-electron chi connectivity index (χ2n) is 5.36. The highest BCUT2D eigenvalue weighted by Gasteiger charge is 2.31. The Kier molecular flexibility index (Phi) is 5.13. The first-order valence-corrected chi connectivity index (χ1v) is 7.13. The van der Waals surface area contributed by atoms with Crippen molar-refractivity contribution in [2.45, 2.75) is 39.3 Å². The summed E-state index contributed by atoms with van der Waals surface area (Å²) in [6, 6.07) is 0. The average Bonchev–Trinajstić information content (AvgIpc) is 2.82. The molecule has 1 N–H and O–H groups in total. The lowest BCUT2D eigenvalue weighted by Crippen LogP contribution is -2.22. The first-order valence-electron chi connectivity index (χ1n) is 7.13. The fourth-order valence-corrected chi connectivity index (χ4v) is 2.25. The van der Waals surface area contributed by atoms with Crippen LogP contribution in [-0.2, 0) is 4.74 Å². The van der Waals surface area contributed by atoms with E-state index in [9.17, 15) is 10.1 Å². The fourth-order valence-electron chi connectivity index (χ4n) is 2.25. The molecule has 118 valence electrons. The van der Waals surface area contributed by atoms with Gasteiger partial charge in [0.1, 0.15) is 5.69 Å². The van der Waals surface area contributed by atoms with Crippen LogP contribution in [-0.4, -0.2) is 39.6 Å². The molecule has 1 aliphatic heterocycles. The van der Waals surface area contributed by atoms with Crippen LogP contribution < -0.4 is 4.74 Å². The Labute approximate surface area is 122 Å². The highest BCUT2D eigenvalue weighted by atomic mass is 16.6. The second-order valence-corrected chi connectivity index (χ2v) is 5.36. The van der Waals surface area contributed by atoms with Gasteiger partial charge in [-0.15, -0.1) is 0 Å². The molecule has 2 rings (SSSR count). The van der Waals surface area contributed by atoms with E-state index >= 15 is 0 Å². The van der Waals surface area contributed by atoms with Gasteiger partial charge in [-0.3, -0.25) is 10.1 Å². The number of hydrogen-bond donors (Lipinski definition) is 1. The third-order valence-corrected chi connectivity index (χ3v) is 3.44. The Morgan fingerprint density at radius 1 is 1.62 bits per heavy atom. The zero-order valence-electron chi connectivity index (χ0n) is 12.3. The van der Waals surface area contributed by atoms with Gasteiger partial charge in [0.05, 0.1) is 11.5 Å². The van der Waals surface area contributed by atoms with Crippen molar-refractivity contribution < 1.29 is 19.5 Å². The summed E-state index contributed by atoms with van der Waals surface area (Å²) < 4.78 is 12.7. The predicted molar refractivity (Wildman–Crippen MR) is 74.2 cm³/mol. The number of aliphatic hydroxyl groups excluding tert-OH is 1. The third kappa shape index (κ3) is 3.51. The molecular formula is C13H21N3O5. The van der Waals surface area contributed by atoms with Gasteiger partial charge in [-0.25, -0.2) is 0 Å². The molecule has 21 heavy (non-hydrogen) atoms. The van der Waals surface area contributed by atoms with Crippen molar-refractivity contribution in [3.05, 3.63) is 15.8 Å². The molecule has 8 heteroatoms. The zero-order chi connectivity index (χ0) is 15.4. The lowest BCUT2D eigenvalue weighted by atomic mass is 10.2. The monoisotopic (exact) mass is 299 g/mol. The van der Waals surface area contributed by atoms with Gasteiger partial charge in [-0.05, 0) is 26.2 Å². The van der Waals surface area contributed by atoms with E-state index in [-0.39, 0.29) is 36.9 Å². The van der Waals surface area contributed by atoms with Crippen molar-refractivity contribution in [1.82, 2.24) is 9.78 Å². The molecule has 0 spiro atoms. The van der Waals surface area contributed by atoms with Crippen LogP contribution >= 0.6 is 0 Å². The molecule has 1 aromatic rings. The number of aliphatic hydroxyl groups is 1. The van der Waals surface area contributed by atoms with Crippen LogP contribution in [0, 0.1) is 23.0 Å². The molecule has 1 aromatic heterocycles. The van der Waals surface area contributed by atoms with E-state index in [4.69, 9.17) is 14.6 Å². The van der Waals surface area contributed by atoms with Crippen LogP contribution in [0.4, 0.5) is 5.69 Å². The molecule has 0 aromatic carbocycles. The molecule has 1 saturated heterocycles. The molecule has 1 aliphatic rings. The minimum absolute atomic E-state index is 0.0408. The van der Waals surface area contributed by atoms with Crippen molar-refractivity contribution in [2.75, 3.05) is 19.8 Å². The van der Waals surface area contributed by atoms with Crippen molar-refractivity contribution in [1.29, 1.82) is 0 Å². The van der Waals surface area contributed by atoms with Crippen LogP contribution in [0.2, 0.25) is 0 Å². The van der Waals surface area contributed by atoms with E-state index in [0.717, 1.165) is 19.3 Å². The normalized spacial score (nSPS) is 20.2. The Balaban J connectivity index is 2.29. The first kappa shape index (κ1) is 15.7. The Hall–Kier alpha value is -1.67. The van der Waals surface area contributed by atoms with E-state index in [0.29, 0.717) is 12.3 Å². The lowest BCUT2D eigenvalue weighted by Gasteiger charge is -2.24. The van der Waals surface area contributed by atoms with Gasteiger partial charge in [-0.1, -0.05) is 6.92 Å². The van der Waals surface area contributed by atoms with E-state index in [1.54, 1.807) is 13.8 Å². The summed E-state index contributed by atoms with van der Waals surface area (Å²) in [6.07, 6.45) is 2.40. The lowest BCUT2D eigenvalue weighted by molar-refractivity contribution is -0.386. The summed E-state index contributed by atoms with van der Waals surface area (Å²) >= 11 is 0. The summed E-state index contributed by atoms with van der Waals surface area (Å²) in [5.41, 5.74) is 0.176. The van der Waals surface area contributed by atoms with Crippen molar-refractivity contribution in [3.63, 3.8) is 0 Å². The fraction of sp³-hybridized carbons (Fsp3) is 0.769. The molecule has 0 saturated carbocycles. The number of rotatable bonds is 6. The van der Waals surface area contributed by atoms with E-state index < -0.39 is 4.92 Å². The van der Waals surface area contributed by atoms with Crippen LogP contribution in [0.3, 0.4) is 0 Å². The van der Waals surface area contributed by atoms with Crippen LogP contribution in [0.25, 0.3) is 0 Å². The standard InChI is InChI=1S/C13H21N3O5/c1-9(7-17)8-21-13-12(16(18)19)10(2)14-15(13)11-5-3-4-6-20-11/h9,11,17H,3-8H2,1-2H3. The number of nitrogens with zero attached hydrogens (tertiary/aromatic N) is 3. The Morgan fingerprint density at radius 2 is 2.38 bits per heavy atom. The summed E-state index contributed by atoms with van der Waals surface area (Å²) in [5, 5.41) is 24.5. The van der Waals surface area contributed by atoms with Gasteiger partial charge in [0.25, 0.3) is 5.88 Å². The number of aryl methyl sites for hydroxylation is 1. The maximum Gasteiger partial charge on any atom is 0.353 e. The van der Waals surface area contributed by atoms with Crippen LogP contribution in [0.15, 0.2) is 0 Å². The second kappa shape index (κ2) is 6.86. The molecule has 0 aliphatic carbocycles. The minimum atomic E-state index is -0.486. The number of aromatic nitrogens is 2. The quantitative estimate of drug-likeness (QED) is 0.635. The Bertz CT molecular complexity index is 496. The SMILES string of the molecule is Cc1nn(C2CCCCO2)c(OCC(C)CO)c1[N+](=O)[O-]. The number of nitro groups is 1. The molecule has 1 fully saturated rings. The van der Waals surface area contributed by atoms with Crippen LogP contribution in [0.5, 0.6) is 5.88 Å². The minimum Gasteiger partial charge on any atom is -0.473 e. The van der Waals surface area contributed by atoms with Gasteiger partial charge in [-0.2, -0.15) is 9.78 Å². The summed E-state index contributed by atoms with van der Waals surface area (Å²) in [7, 11) is 0. The number of hydrogen-bond acceptors (Lipinski definition) is 6. The highest BCUT2D eigenvalue weighted by molar-refractivity contribution is 5.46. The molecule has 2 heterocycles. The largest absolute Gasteiger partial charge is 0.473 e. The van der Waals surface area contributed by atoms with Gasteiger partial charge in [0.15, 0.2) is 6.23 Å². The van der Waals surface area contributed by atoms with Gasteiger partial charge < -0.3 is 14.6 Å². The third-order valence-electron chi connectivity index (χ3n) is 3.44. The first-order chi connectivity index (χ1) is 10.0. The molecule has 0 radical (unpaired) electrons. The topological polar surface area (TPSA) is 99.7 Å². The van der Waals surface area contributed by atoms with Gasteiger partial charge in [0.2, 0.25) is 0 Å². The van der Waals surface area contributed by atoms with Gasteiger partial charge in [0, 0.05) is 19.1 Å². The van der Waals surface area contributed by atoms with Gasteiger partial charge >= 0.3 is 5.69 Å².